The zero-order valence-corrected chi connectivity index (χ0v) is 8.59. The maximum Gasteiger partial charge on any atom is 0.242 e. The van der Waals surface area contributed by atoms with E-state index in [1.807, 2.05) is 0 Å². The fourth-order valence-corrected chi connectivity index (χ4v) is 0.862. The molecule has 3 N–H and O–H groups in total. The standard InChI is InChI=1S/C9H17N3O2/c1-4-5-11-6-8(13)12-7(2)9(14)10-3/h4,7,11H,1,5-6H2,2-3H3,(H,10,14)(H,12,13). The Balaban J connectivity index is 3.70. The molecule has 0 fully saturated rings. The molecule has 5 heteroatoms. The normalized spacial score (nSPS) is 11.6. The van der Waals surface area contributed by atoms with Gasteiger partial charge in [0.15, 0.2) is 0 Å². The lowest BCUT2D eigenvalue weighted by molar-refractivity contribution is -0.127. The Morgan fingerprint density at radius 2 is 2.14 bits per heavy atom. The molecule has 1 atom stereocenters. The van der Waals surface area contributed by atoms with E-state index in [-0.39, 0.29) is 18.4 Å². The molecule has 0 heterocycles. The molecule has 0 saturated carbocycles. The molecule has 0 radical (unpaired) electrons. The summed E-state index contributed by atoms with van der Waals surface area (Å²) < 4.78 is 0. The van der Waals surface area contributed by atoms with Crippen LogP contribution in [-0.4, -0.2) is 38.0 Å². The van der Waals surface area contributed by atoms with Crippen LogP contribution in [0.4, 0.5) is 0 Å². The van der Waals surface area contributed by atoms with Gasteiger partial charge in [-0.15, -0.1) is 6.58 Å². The average molecular weight is 199 g/mol. The van der Waals surface area contributed by atoms with Crippen molar-refractivity contribution >= 4 is 11.8 Å². The van der Waals surface area contributed by atoms with Gasteiger partial charge in [-0.25, -0.2) is 0 Å². The van der Waals surface area contributed by atoms with Gasteiger partial charge >= 0.3 is 0 Å². The summed E-state index contributed by atoms with van der Waals surface area (Å²) in [6.07, 6.45) is 1.66. The summed E-state index contributed by atoms with van der Waals surface area (Å²) in [7, 11) is 1.53. The molecule has 5 nitrogen and oxygen atoms in total. The molecule has 0 rings (SSSR count). The van der Waals surface area contributed by atoms with E-state index in [4.69, 9.17) is 0 Å². The van der Waals surface area contributed by atoms with Crippen molar-refractivity contribution in [2.24, 2.45) is 0 Å². The largest absolute Gasteiger partial charge is 0.357 e. The van der Waals surface area contributed by atoms with Crippen molar-refractivity contribution in [1.82, 2.24) is 16.0 Å². The number of rotatable bonds is 6. The highest BCUT2D eigenvalue weighted by atomic mass is 16.2. The first kappa shape index (κ1) is 12.6. The van der Waals surface area contributed by atoms with Crippen molar-refractivity contribution in [2.75, 3.05) is 20.1 Å². The number of likely N-dealkylation sites (N-methyl/N-ethyl adjacent to an activating group) is 1. The predicted molar refractivity (Wildman–Crippen MR) is 54.7 cm³/mol. The summed E-state index contributed by atoms with van der Waals surface area (Å²) in [6, 6.07) is -0.502. The monoisotopic (exact) mass is 199 g/mol. The van der Waals surface area contributed by atoms with Crippen LogP contribution in [-0.2, 0) is 9.59 Å². The van der Waals surface area contributed by atoms with Gasteiger partial charge in [0.1, 0.15) is 6.04 Å². The van der Waals surface area contributed by atoms with Crippen molar-refractivity contribution in [1.29, 1.82) is 0 Å². The van der Waals surface area contributed by atoms with E-state index in [2.05, 4.69) is 22.5 Å². The molecule has 0 aliphatic carbocycles. The number of amides is 2. The van der Waals surface area contributed by atoms with E-state index in [1.54, 1.807) is 13.0 Å². The molecule has 1 unspecified atom stereocenters. The summed E-state index contributed by atoms with van der Waals surface area (Å²) in [4.78, 5) is 22.2. The fourth-order valence-electron chi connectivity index (χ4n) is 0.862. The number of carbonyl (C=O) groups is 2. The Hall–Kier alpha value is -1.36. The second-order valence-electron chi connectivity index (χ2n) is 2.82. The first-order chi connectivity index (χ1) is 6.61. The van der Waals surface area contributed by atoms with Crippen LogP contribution in [0.3, 0.4) is 0 Å². The minimum absolute atomic E-state index is 0.188. The molecule has 2 amide bonds. The molecule has 14 heavy (non-hydrogen) atoms. The minimum Gasteiger partial charge on any atom is -0.357 e. The van der Waals surface area contributed by atoms with Crippen LogP contribution >= 0.6 is 0 Å². The van der Waals surface area contributed by atoms with Gasteiger partial charge in [-0.05, 0) is 6.92 Å². The first-order valence-electron chi connectivity index (χ1n) is 4.44. The summed E-state index contributed by atoms with van der Waals surface area (Å²) in [6.45, 7) is 5.89. The Labute approximate surface area is 83.9 Å². The van der Waals surface area contributed by atoms with E-state index >= 15 is 0 Å². The zero-order valence-electron chi connectivity index (χ0n) is 8.59. The maximum atomic E-state index is 11.2. The van der Waals surface area contributed by atoms with Crippen LogP contribution in [0, 0.1) is 0 Å². The van der Waals surface area contributed by atoms with Gasteiger partial charge < -0.3 is 16.0 Å². The number of carbonyl (C=O) groups excluding carboxylic acids is 2. The van der Waals surface area contributed by atoms with Crippen molar-refractivity contribution < 1.29 is 9.59 Å². The number of hydrogen-bond acceptors (Lipinski definition) is 3. The SMILES string of the molecule is C=CCNCC(=O)NC(C)C(=O)NC. The zero-order chi connectivity index (χ0) is 11.0. The fraction of sp³-hybridized carbons (Fsp3) is 0.556. The van der Waals surface area contributed by atoms with Crippen molar-refractivity contribution in [3.8, 4) is 0 Å². The van der Waals surface area contributed by atoms with E-state index in [9.17, 15) is 9.59 Å². The smallest absolute Gasteiger partial charge is 0.242 e. The highest BCUT2D eigenvalue weighted by Gasteiger charge is 2.12. The Morgan fingerprint density at radius 3 is 2.64 bits per heavy atom. The quantitative estimate of drug-likeness (QED) is 0.380. The van der Waals surface area contributed by atoms with Crippen LogP contribution < -0.4 is 16.0 Å². The second kappa shape index (κ2) is 7.08. The second-order valence-corrected chi connectivity index (χ2v) is 2.82. The van der Waals surface area contributed by atoms with Crippen LogP contribution in [0.1, 0.15) is 6.92 Å². The molecular weight excluding hydrogens is 182 g/mol. The third-order valence-corrected chi connectivity index (χ3v) is 1.59. The summed E-state index contributed by atoms with van der Waals surface area (Å²) in [5, 5.41) is 7.82. The summed E-state index contributed by atoms with van der Waals surface area (Å²) in [5.41, 5.74) is 0. The molecule has 0 aromatic carbocycles. The molecule has 0 saturated heterocycles. The number of nitrogens with one attached hydrogen (secondary N) is 3. The van der Waals surface area contributed by atoms with E-state index in [0.29, 0.717) is 6.54 Å². The molecule has 0 aliphatic heterocycles. The molecule has 80 valence electrons. The highest BCUT2D eigenvalue weighted by Crippen LogP contribution is 1.80. The lowest BCUT2D eigenvalue weighted by Gasteiger charge is -2.12. The molecule has 0 bridgehead atoms. The van der Waals surface area contributed by atoms with Gasteiger partial charge in [-0.3, -0.25) is 9.59 Å². The Kier molecular flexibility index (Phi) is 6.39. The third-order valence-electron chi connectivity index (χ3n) is 1.59. The lowest BCUT2D eigenvalue weighted by Crippen LogP contribution is -2.46. The predicted octanol–water partition coefficient (Wildman–Crippen LogP) is -0.987. The van der Waals surface area contributed by atoms with Gasteiger partial charge in [0, 0.05) is 13.6 Å². The van der Waals surface area contributed by atoms with Crippen LogP contribution in [0.5, 0.6) is 0 Å². The first-order valence-corrected chi connectivity index (χ1v) is 4.44. The van der Waals surface area contributed by atoms with Gasteiger partial charge in [-0.1, -0.05) is 6.08 Å². The number of hydrogen-bond donors (Lipinski definition) is 3. The van der Waals surface area contributed by atoms with Crippen molar-refractivity contribution in [2.45, 2.75) is 13.0 Å². The molecule has 0 aromatic heterocycles. The van der Waals surface area contributed by atoms with Gasteiger partial charge in [-0.2, -0.15) is 0 Å². The van der Waals surface area contributed by atoms with E-state index in [0.717, 1.165) is 0 Å². The minimum atomic E-state index is -0.502. The Morgan fingerprint density at radius 1 is 1.50 bits per heavy atom. The highest BCUT2D eigenvalue weighted by molar-refractivity contribution is 5.87. The maximum absolute atomic E-state index is 11.2. The Bertz CT molecular complexity index is 216. The molecule has 0 aromatic rings. The molecule has 0 spiro atoms. The van der Waals surface area contributed by atoms with Crippen LogP contribution in [0.2, 0.25) is 0 Å². The third kappa shape index (κ3) is 5.31. The van der Waals surface area contributed by atoms with Gasteiger partial charge in [0.2, 0.25) is 11.8 Å². The molecule has 0 aliphatic rings. The van der Waals surface area contributed by atoms with E-state index in [1.165, 1.54) is 7.05 Å². The summed E-state index contributed by atoms with van der Waals surface area (Å²) in [5.74, 6) is -0.412. The van der Waals surface area contributed by atoms with Crippen molar-refractivity contribution in [3.05, 3.63) is 12.7 Å². The molecular formula is C9H17N3O2. The topological polar surface area (TPSA) is 70.2 Å². The van der Waals surface area contributed by atoms with Crippen LogP contribution in [0.25, 0.3) is 0 Å². The van der Waals surface area contributed by atoms with E-state index < -0.39 is 6.04 Å². The van der Waals surface area contributed by atoms with Gasteiger partial charge in [0.25, 0.3) is 0 Å². The lowest BCUT2D eigenvalue weighted by atomic mass is 10.3. The average Bonchev–Trinajstić information content (AvgIpc) is 2.16. The van der Waals surface area contributed by atoms with Crippen molar-refractivity contribution in [3.63, 3.8) is 0 Å². The van der Waals surface area contributed by atoms with Gasteiger partial charge in [0.05, 0.1) is 6.54 Å². The van der Waals surface area contributed by atoms with Crippen LogP contribution in [0.15, 0.2) is 12.7 Å². The summed E-state index contributed by atoms with van der Waals surface area (Å²) >= 11 is 0.